The van der Waals surface area contributed by atoms with E-state index in [-0.39, 0.29) is 11.5 Å². The van der Waals surface area contributed by atoms with Gasteiger partial charge in [0.2, 0.25) is 0 Å². The standard InChI is InChI=1S/C17H24N2O2/c1-17(2,13-9-21-14-6-4-3-5-10(13)14)19-16(20)15-11-7-18-8-12(11)15/h3-6,11-13,15-16,18-20H,7-9H2,1-2H3. The van der Waals surface area contributed by atoms with Crippen molar-refractivity contribution in [1.29, 1.82) is 0 Å². The van der Waals surface area contributed by atoms with Crippen molar-refractivity contribution in [3.63, 3.8) is 0 Å². The maximum atomic E-state index is 10.6. The minimum Gasteiger partial charge on any atom is -0.493 e. The lowest BCUT2D eigenvalue weighted by Crippen LogP contribution is -2.52. The molecule has 114 valence electrons. The lowest BCUT2D eigenvalue weighted by molar-refractivity contribution is 0.0598. The van der Waals surface area contributed by atoms with Gasteiger partial charge in [0.1, 0.15) is 12.0 Å². The Morgan fingerprint density at radius 2 is 2.00 bits per heavy atom. The van der Waals surface area contributed by atoms with Gasteiger partial charge in [0.15, 0.2) is 0 Å². The lowest BCUT2D eigenvalue weighted by atomic mass is 9.83. The van der Waals surface area contributed by atoms with Gasteiger partial charge in [-0.15, -0.1) is 0 Å². The van der Waals surface area contributed by atoms with Crippen LogP contribution < -0.4 is 15.4 Å². The molecule has 4 heteroatoms. The van der Waals surface area contributed by atoms with E-state index in [0.29, 0.717) is 24.4 Å². The van der Waals surface area contributed by atoms with Crippen molar-refractivity contribution in [2.45, 2.75) is 31.5 Å². The van der Waals surface area contributed by atoms with Crippen LogP contribution in [-0.2, 0) is 0 Å². The molecule has 2 heterocycles. The van der Waals surface area contributed by atoms with Crippen molar-refractivity contribution in [3.8, 4) is 5.75 Å². The maximum Gasteiger partial charge on any atom is 0.122 e. The molecule has 1 aromatic rings. The fourth-order valence-electron chi connectivity index (χ4n) is 4.27. The zero-order valence-electron chi connectivity index (χ0n) is 12.7. The van der Waals surface area contributed by atoms with E-state index in [1.807, 2.05) is 12.1 Å². The highest BCUT2D eigenvalue weighted by atomic mass is 16.5. The fraction of sp³-hybridized carbons (Fsp3) is 0.647. The first kappa shape index (κ1) is 13.6. The number of rotatable bonds is 4. The molecule has 0 radical (unpaired) electrons. The predicted molar refractivity (Wildman–Crippen MR) is 81.2 cm³/mol. The first-order chi connectivity index (χ1) is 10.1. The molecule has 0 bridgehead atoms. The summed E-state index contributed by atoms with van der Waals surface area (Å²) in [6.45, 7) is 7.14. The summed E-state index contributed by atoms with van der Waals surface area (Å²) in [6.07, 6.45) is -0.412. The Bertz CT molecular complexity index is 535. The van der Waals surface area contributed by atoms with Crippen molar-refractivity contribution in [2.75, 3.05) is 19.7 Å². The minimum atomic E-state index is -0.412. The van der Waals surface area contributed by atoms with Gasteiger partial charge >= 0.3 is 0 Å². The Morgan fingerprint density at radius 1 is 1.29 bits per heavy atom. The summed E-state index contributed by atoms with van der Waals surface area (Å²) in [6, 6.07) is 8.23. The second kappa shape index (κ2) is 4.70. The molecule has 0 spiro atoms. The number of hydrogen-bond acceptors (Lipinski definition) is 4. The molecule has 3 N–H and O–H groups in total. The number of ether oxygens (including phenoxy) is 1. The highest BCUT2D eigenvalue weighted by Gasteiger charge is 2.57. The van der Waals surface area contributed by atoms with E-state index in [9.17, 15) is 5.11 Å². The Morgan fingerprint density at radius 3 is 2.76 bits per heavy atom. The molecule has 3 aliphatic rings. The van der Waals surface area contributed by atoms with Gasteiger partial charge in [-0.3, -0.25) is 5.32 Å². The fourth-order valence-corrected chi connectivity index (χ4v) is 4.27. The van der Waals surface area contributed by atoms with E-state index in [4.69, 9.17) is 4.74 Å². The summed E-state index contributed by atoms with van der Waals surface area (Å²) in [4.78, 5) is 0. The summed E-state index contributed by atoms with van der Waals surface area (Å²) >= 11 is 0. The molecule has 1 aliphatic carbocycles. The average Bonchev–Trinajstić information content (AvgIpc) is 2.82. The third kappa shape index (κ3) is 2.17. The second-order valence-electron chi connectivity index (χ2n) is 7.28. The van der Waals surface area contributed by atoms with Crippen molar-refractivity contribution in [2.24, 2.45) is 17.8 Å². The van der Waals surface area contributed by atoms with E-state index in [2.05, 4.69) is 36.6 Å². The number of piperidine rings is 1. The molecule has 1 aromatic carbocycles. The molecular formula is C17H24N2O2. The van der Waals surface area contributed by atoms with Crippen molar-refractivity contribution < 1.29 is 9.84 Å². The summed E-state index contributed by atoms with van der Waals surface area (Å²) in [5, 5.41) is 17.4. The molecule has 2 aliphatic heterocycles. The van der Waals surface area contributed by atoms with E-state index < -0.39 is 6.23 Å². The van der Waals surface area contributed by atoms with Crippen LogP contribution in [0.25, 0.3) is 0 Å². The van der Waals surface area contributed by atoms with E-state index >= 15 is 0 Å². The molecule has 0 amide bonds. The molecule has 2 fully saturated rings. The largest absolute Gasteiger partial charge is 0.493 e. The van der Waals surface area contributed by atoms with Crippen LogP contribution in [0, 0.1) is 17.8 Å². The van der Waals surface area contributed by atoms with Crippen LogP contribution in [0.15, 0.2) is 24.3 Å². The quantitative estimate of drug-likeness (QED) is 0.731. The highest BCUT2D eigenvalue weighted by molar-refractivity contribution is 5.41. The Kier molecular flexibility index (Phi) is 3.03. The zero-order valence-corrected chi connectivity index (χ0v) is 12.7. The van der Waals surface area contributed by atoms with E-state index in [1.165, 1.54) is 5.56 Å². The number of aliphatic hydroxyl groups is 1. The smallest absolute Gasteiger partial charge is 0.122 e. The molecule has 4 atom stereocenters. The van der Waals surface area contributed by atoms with Crippen LogP contribution in [0.2, 0.25) is 0 Å². The van der Waals surface area contributed by atoms with Crippen molar-refractivity contribution in [3.05, 3.63) is 29.8 Å². The van der Waals surface area contributed by atoms with Gasteiger partial charge in [-0.1, -0.05) is 18.2 Å². The Hall–Kier alpha value is -1.10. The SMILES string of the molecule is CC(C)(NC(O)C1C2CNCC21)C1COc2ccccc21. The van der Waals surface area contributed by atoms with Crippen LogP contribution in [0.4, 0.5) is 0 Å². The average molecular weight is 288 g/mol. The van der Waals surface area contributed by atoms with Gasteiger partial charge in [-0.2, -0.15) is 0 Å². The van der Waals surface area contributed by atoms with Gasteiger partial charge in [0, 0.05) is 22.9 Å². The molecule has 21 heavy (non-hydrogen) atoms. The summed E-state index contributed by atoms with van der Waals surface area (Å²) in [7, 11) is 0. The third-order valence-electron chi connectivity index (χ3n) is 5.61. The van der Waals surface area contributed by atoms with E-state index in [1.54, 1.807) is 0 Å². The van der Waals surface area contributed by atoms with Gasteiger partial charge < -0.3 is 15.2 Å². The Balaban J connectivity index is 1.47. The van der Waals surface area contributed by atoms with Crippen LogP contribution in [0.3, 0.4) is 0 Å². The topological polar surface area (TPSA) is 53.5 Å². The summed E-state index contributed by atoms with van der Waals surface area (Å²) in [5.74, 6) is 3.01. The number of nitrogens with one attached hydrogen (secondary N) is 2. The van der Waals surface area contributed by atoms with Crippen LogP contribution in [-0.4, -0.2) is 36.6 Å². The monoisotopic (exact) mass is 288 g/mol. The van der Waals surface area contributed by atoms with Crippen LogP contribution >= 0.6 is 0 Å². The number of hydrogen-bond donors (Lipinski definition) is 3. The molecule has 4 nitrogen and oxygen atoms in total. The summed E-state index contributed by atoms with van der Waals surface area (Å²) < 4.78 is 5.80. The molecule has 1 saturated carbocycles. The Labute approximate surface area is 125 Å². The molecular weight excluding hydrogens is 264 g/mol. The zero-order chi connectivity index (χ0) is 14.6. The van der Waals surface area contributed by atoms with Crippen LogP contribution in [0.5, 0.6) is 5.75 Å². The first-order valence-electron chi connectivity index (χ1n) is 7.96. The third-order valence-corrected chi connectivity index (χ3v) is 5.61. The van der Waals surface area contributed by atoms with Crippen molar-refractivity contribution in [1.82, 2.24) is 10.6 Å². The summed E-state index contributed by atoms with van der Waals surface area (Å²) in [5.41, 5.74) is 1.07. The van der Waals surface area contributed by atoms with Crippen LogP contribution in [0.1, 0.15) is 25.3 Å². The van der Waals surface area contributed by atoms with Gasteiger partial charge in [0.25, 0.3) is 0 Å². The number of aliphatic hydroxyl groups excluding tert-OH is 1. The normalized spacial score (nSPS) is 35.0. The molecule has 4 rings (SSSR count). The number of benzene rings is 1. The van der Waals surface area contributed by atoms with Gasteiger partial charge in [-0.25, -0.2) is 0 Å². The highest BCUT2D eigenvalue weighted by Crippen LogP contribution is 2.51. The minimum absolute atomic E-state index is 0.184. The number of fused-ring (bicyclic) bond motifs is 2. The van der Waals surface area contributed by atoms with Crippen molar-refractivity contribution >= 4 is 0 Å². The molecule has 0 aromatic heterocycles. The number of para-hydroxylation sites is 1. The molecule has 1 saturated heterocycles. The lowest BCUT2D eigenvalue weighted by Gasteiger charge is -2.35. The molecule has 4 unspecified atom stereocenters. The maximum absolute atomic E-state index is 10.6. The van der Waals surface area contributed by atoms with E-state index in [0.717, 1.165) is 18.8 Å². The van der Waals surface area contributed by atoms with Gasteiger partial charge in [-0.05, 0) is 44.8 Å². The first-order valence-corrected chi connectivity index (χ1v) is 7.96. The second-order valence-corrected chi connectivity index (χ2v) is 7.28. The predicted octanol–water partition coefficient (Wildman–Crippen LogP) is 1.31. The van der Waals surface area contributed by atoms with Gasteiger partial charge in [0.05, 0.1) is 6.61 Å².